The number of nitrogens with one attached hydrogen (secondary N) is 1. The molecule has 0 radical (unpaired) electrons. The van der Waals surface area contributed by atoms with Crippen LogP contribution in [0.15, 0.2) is 24.3 Å². The van der Waals surface area contributed by atoms with Crippen molar-refractivity contribution in [2.75, 3.05) is 13.1 Å². The first-order chi connectivity index (χ1) is 12.6. The first-order valence-electron chi connectivity index (χ1n) is 8.64. The van der Waals surface area contributed by atoms with Crippen molar-refractivity contribution in [1.82, 2.24) is 5.32 Å². The topological polar surface area (TPSA) is 132 Å². The summed E-state index contributed by atoms with van der Waals surface area (Å²) in [5.41, 5.74) is 9.74. The molecule has 0 bridgehead atoms. The minimum atomic E-state index is -4.77. The molecule has 0 spiro atoms. The predicted molar refractivity (Wildman–Crippen MR) is 93.4 cm³/mol. The van der Waals surface area contributed by atoms with E-state index in [0.29, 0.717) is 18.5 Å². The number of alkyl halides is 3. The highest BCUT2D eigenvalue weighted by molar-refractivity contribution is 6.43. The number of hydrogen-bond acceptors (Lipinski definition) is 5. The summed E-state index contributed by atoms with van der Waals surface area (Å²) in [6.07, 6.45) is -2.47. The zero-order valence-electron chi connectivity index (χ0n) is 15.3. The molecule has 7 nitrogen and oxygen atoms in total. The quantitative estimate of drug-likeness (QED) is 0.188. The number of carbonyl (C=O) groups is 1. The van der Waals surface area contributed by atoms with Crippen molar-refractivity contribution in [2.24, 2.45) is 5.73 Å². The molecule has 0 aromatic heterocycles. The van der Waals surface area contributed by atoms with Gasteiger partial charge in [0.15, 0.2) is 6.04 Å². The lowest BCUT2D eigenvalue weighted by atomic mass is 9.69. The van der Waals surface area contributed by atoms with E-state index in [1.165, 1.54) is 12.1 Å². The lowest BCUT2D eigenvalue weighted by Gasteiger charge is -2.18. The van der Waals surface area contributed by atoms with Gasteiger partial charge in [0.25, 0.3) is 5.91 Å². The fourth-order valence-electron chi connectivity index (χ4n) is 2.46. The maximum atomic E-state index is 12.2. The van der Waals surface area contributed by atoms with Gasteiger partial charge in [0, 0.05) is 18.8 Å². The molecule has 0 saturated heterocycles. The predicted octanol–water partition coefficient (Wildman–Crippen LogP) is -3.17. The van der Waals surface area contributed by atoms with E-state index in [2.05, 4.69) is 15.8 Å². The third-order valence-corrected chi connectivity index (χ3v) is 3.99. The summed E-state index contributed by atoms with van der Waals surface area (Å²) in [5.74, 6) is -1.38. The van der Waals surface area contributed by atoms with Crippen molar-refractivity contribution < 1.29 is 50.9 Å². The summed E-state index contributed by atoms with van der Waals surface area (Å²) >= 11 is 0. The molecule has 160 valence electrons. The lowest BCUT2D eigenvalue weighted by Crippen LogP contribution is -3.00. The number of benzene rings is 1. The molecule has 1 unspecified atom stereocenters. The molecule has 1 amide bonds. The average Bonchev–Trinajstić information content (AvgIpc) is 2.58. The molecule has 0 aliphatic rings. The molecule has 12 heteroatoms. The van der Waals surface area contributed by atoms with Crippen molar-refractivity contribution in [2.45, 2.75) is 43.9 Å². The number of hydrogen-bond donors (Lipinski definition) is 5. The monoisotopic (exact) mass is 427 g/mol. The number of amides is 1. The molecule has 0 fully saturated rings. The van der Waals surface area contributed by atoms with E-state index in [-0.39, 0.29) is 37.0 Å². The average molecular weight is 428 g/mol. The van der Waals surface area contributed by atoms with Gasteiger partial charge in [-0.25, -0.2) is 0 Å². The van der Waals surface area contributed by atoms with Crippen molar-refractivity contribution in [3.05, 3.63) is 29.8 Å². The van der Waals surface area contributed by atoms with Gasteiger partial charge in [0.2, 0.25) is 0 Å². The minimum absolute atomic E-state index is 0. The molecular weight excluding hydrogens is 401 g/mol. The summed E-state index contributed by atoms with van der Waals surface area (Å²) < 4.78 is 40.3. The van der Waals surface area contributed by atoms with Gasteiger partial charge in [-0.1, -0.05) is 12.1 Å². The van der Waals surface area contributed by atoms with Crippen LogP contribution in [0.2, 0.25) is 5.82 Å². The van der Waals surface area contributed by atoms with Gasteiger partial charge in [-0.05, 0) is 43.5 Å². The Kier molecular flexibility index (Phi) is 12.1. The van der Waals surface area contributed by atoms with E-state index >= 15 is 0 Å². The highest BCUT2D eigenvalue weighted by atomic mass is 35.5. The SMILES string of the molecule is NCCCC[C@@H]([NH3+])C(=O)NCC(Cc1ccc(OC(F)(F)F)cc1)B(O)O.[Cl-]. The standard InChI is InChI=1S/C16H25BF3N3O4.ClH/c18-16(19,20)27-13-6-4-11(5-7-13)9-12(17(25)26)10-23-15(24)14(22)3-1-2-8-21;/h4-7,12,14,25-26H,1-3,8-10,21-22H2,(H,23,24);1H/t12?,14-;/m1./s1. The van der Waals surface area contributed by atoms with Gasteiger partial charge in [0.1, 0.15) is 5.75 Å². The van der Waals surface area contributed by atoms with E-state index in [0.717, 1.165) is 25.0 Å². The first kappa shape index (κ1) is 26.5. The fourth-order valence-corrected chi connectivity index (χ4v) is 2.46. The molecule has 1 aromatic carbocycles. The summed E-state index contributed by atoms with van der Waals surface area (Å²) in [5, 5.41) is 21.6. The highest BCUT2D eigenvalue weighted by Gasteiger charge is 2.31. The molecule has 8 N–H and O–H groups in total. The molecule has 28 heavy (non-hydrogen) atoms. The molecular formula is C16H26BClF3N3O4. The zero-order valence-corrected chi connectivity index (χ0v) is 16.0. The number of ether oxygens (including phenoxy) is 1. The van der Waals surface area contributed by atoms with Crippen LogP contribution in [0.4, 0.5) is 13.2 Å². The Balaban J connectivity index is 0.00000729. The molecule has 2 atom stereocenters. The largest absolute Gasteiger partial charge is 1.00 e. The second kappa shape index (κ2) is 12.8. The van der Waals surface area contributed by atoms with Crippen LogP contribution in [0.3, 0.4) is 0 Å². The van der Waals surface area contributed by atoms with Gasteiger partial charge in [-0.15, -0.1) is 13.2 Å². The van der Waals surface area contributed by atoms with Crippen molar-refractivity contribution in [3.63, 3.8) is 0 Å². The lowest BCUT2D eigenvalue weighted by molar-refractivity contribution is -0.405. The van der Waals surface area contributed by atoms with E-state index < -0.39 is 25.3 Å². The van der Waals surface area contributed by atoms with Crippen LogP contribution in [0.5, 0.6) is 5.75 Å². The van der Waals surface area contributed by atoms with E-state index in [1.807, 2.05) is 0 Å². The third kappa shape index (κ3) is 10.7. The van der Waals surface area contributed by atoms with Gasteiger partial charge < -0.3 is 44.0 Å². The second-order valence-electron chi connectivity index (χ2n) is 6.30. The first-order valence-corrected chi connectivity index (χ1v) is 8.64. The van der Waals surface area contributed by atoms with Crippen molar-refractivity contribution in [1.29, 1.82) is 0 Å². The number of carbonyl (C=O) groups excluding carboxylic acids is 1. The van der Waals surface area contributed by atoms with E-state index in [4.69, 9.17) is 5.73 Å². The molecule has 0 aliphatic heterocycles. The molecule has 0 saturated carbocycles. The minimum Gasteiger partial charge on any atom is -1.00 e. The normalized spacial score (nSPS) is 13.2. The Hall–Kier alpha value is -1.53. The van der Waals surface area contributed by atoms with Gasteiger partial charge in [-0.2, -0.15) is 0 Å². The fraction of sp³-hybridized carbons (Fsp3) is 0.562. The highest BCUT2D eigenvalue weighted by Crippen LogP contribution is 2.24. The second-order valence-corrected chi connectivity index (χ2v) is 6.30. The van der Waals surface area contributed by atoms with Gasteiger partial charge in [-0.3, -0.25) is 4.79 Å². The number of halogens is 4. The van der Waals surface area contributed by atoms with Crippen LogP contribution < -0.4 is 33.9 Å². The third-order valence-electron chi connectivity index (χ3n) is 3.99. The van der Waals surface area contributed by atoms with Gasteiger partial charge >= 0.3 is 13.5 Å². The maximum absolute atomic E-state index is 12.2. The van der Waals surface area contributed by atoms with Crippen LogP contribution in [0, 0.1) is 0 Å². The van der Waals surface area contributed by atoms with Crippen LogP contribution in [0.1, 0.15) is 24.8 Å². The Morgan fingerprint density at radius 3 is 2.36 bits per heavy atom. The number of quaternary nitrogens is 1. The summed E-state index contributed by atoms with van der Waals surface area (Å²) in [6, 6.07) is 4.62. The molecule has 0 aliphatic carbocycles. The number of nitrogens with two attached hydrogens (primary N) is 1. The van der Waals surface area contributed by atoms with Crippen LogP contribution >= 0.6 is 0 Å². The Labute approximate surface area is 168 Å². The van der Waals surface area contributed by atoms with Crippen molar-refractivity contribution in [3.8, 4) is 5.75 Å². The number of rotatable bonds is 11. The van der Waals surface area contributed by atoms with Crippen LogP contribution in [0.25, 0.3) is 0 Å². The van der Waals surface area contributed by atoms with Crippen LogP contribution in [-0.2, 0) is 11.2 Å². The van der Waals surface area contributed by atoms with Crippen LogP contribution in [-0.4, -0.2) is 48.6 Å². The van der Waals surface area contributed by atoms with Crippen molar-refractivity contribution >= 4 is 13.0 Å². The summed E-state index contributed by atoms with van der Waals surface area (Å²) in [4.78, 5) is 12.0. The molecule has 1 aromatic rings. The molecule has 0 heterocycles. The summed E-state index contributed by atoms with van der Waals surface area (Å²) in [6.45, 7) is 0.542. The Morgan fingerprint density at radius 1 is 1.25 bits per heavy atom. The smallest absolute Gasteiger partial charge is 0.573 e. The molecule has 1 rings (SSSR count). The van der Waals surface area contributed by atoms with E-state index in [9.17, 15) is 28.0 Å². The summed E-state index contributed by atoms with van der Waals surface area (Å²) in [7, 11) is -1.70. The maximum Gasteiger partial charge on any atom is 0.573 e. The Morgan fingerprint density at radius 2 is 1.86 bits per heavy atom. The van der Waals surface area contributed by atoms with E-state index in [1.54, 1.807) is 0 Å². The van der Waals surface area contributed by atoms with Gasteiger partial charge in [0.05, 0.1) is 0 Å². The Bertz CT molecular complexity index is 579. The zero-order chi connectivity index (χ0) is 20.4. The number of unbranched alkanes of at least 4 members (excludes halogenated alkanes) is 1.